The molecule has 3 rings (SSSR count). The van der Waals surface area contributed by atoms with Crippen molar-refractivity contribution in [1.29, 1.82) is 0 Å². The first kappa shape index (κ1) is 32.3. The van der Waals surface area contributed by atoms with E-state index in [1.807, 2.05) is 0 Å². The molecule has 0 bridgehead atoms. The molecular formula is C32H45F3N2O2S. The van der Waals surface area contributed by atoms with Crippen LogP contribution in [0.5, 0.6) is 0 Å². The first-order chi connectivity index (χ1) is 19.3. The van der Waals surface area contributed by atoms with Crippen LogP contribution in [0.3, 0.4) is 0 Å². The van der Waals surface area contributed by atoms with Crippen LogP contribution in [0.2, 0.25) is 0 Å². The number of rotatable bonds is 19. The van der Waals surface area contributed by atoms with Gasteiger partial charge in [-0.05, 0) is 30.9 Å². The van der Waals surface area contributed by atoms with Gasteiger partial charge in [0.25, 0.3) is 5.78 Å². The Morgan fingerprint density at radius 1 is 0.775 bits per heavy atom. The Morgan fingerprint density at radius 2 is 1.27 bits per heavy atom. The third-order valence-electron chi connectivity index (χ3n) is 7.84. The van der Waals surface area contributed by atoms with Crippen molar-refractivity contribution in [1.82, 2.24) is 4.98 Å². The Kier molecular flexibility index (Phi) is 13.1. The van der Waals surface area contributed by atoms with Crippen molar-refractivity contribution in [3.05, 3.63) is 34.7 Å². The summed E-state index contributed by atoms with van der Waals surface area (Å²) < 4.78 is 38.9. The summed E-state index contributed by atoms with van der Waals surface area (Å²) in [5.74, 6) is -0.420. The number of aromatic nitrogens is 1. The van der Waals surface area contributed by atoms with Crippen molar-refractivity contribution in [3.63, 3.8) is 0 Å². The van der Waals surface area contributed by atoms with Gasteiger partial charge in [-0.2, -0.15) is 13.2 Å². The number of thiazole rings is 1. The second-order valence-electron chi connectivity index (χ2n) is 11.2. The Balaban J connectivity index is 1.64. The summed E-state index contributed by atoms with van der Waals surface area (Å²) in [7, 11) is 0. The monoisotopic (exact) mass is 578 g/mol. The van der Waals surface area contributed by atoms with Crippen molar-refractivity contribution in [2.24, 2.45) is 5.92 Å². The van der Waals surface area contributed by atoms with Gasteiger partial charge in [0.15, 0.2) is 5.82 Å². The number of benzene rings is 1. The Bertz CT molecular complexity index is 1070. The first-order valence-corrected chi connectivity index (χ1v) is 16.1. The predicted molar refractivity (Wildman–Crippen MR) is 158 cm³/mol. The Morgan fingerprint density at radius 3 is 1.77 bits per heavy atom. The highest BCUT2D eigenvalue weighted by Crippen LogP contribution is 2.39. The summed E-state index contributed by atoms with van der Waals surface area (Å²) in [5, 5.41) is 0.458. The smallest absolute Gasteiger partial charge is 0.288 e. The maximum absolute atomic E-state index is 13.0. The van der Waals surface area contributed by atoms with E-state index in [0.717, 1.165) is 49.2 Å². The average molecular weight is 579 g/mol. The van der Waals surface area contributed by atoms with Crippen molar-refractivity contribution >= 4 is 28.8 Å². The molecule has 0 spiro atoms. The van der Waals surface area contributed by atoms with Crippen molar-refractivity contribution in [2.75, 3.05) is 11.4 Å². The van der Waals surface area contributed by atoms with Gasteiger partial charge in [-0.15, -0.1) is 11.3 Å². The summed E-state index contributed by atoms with van der Waals surface area (Å²) in [6, 6.07) is 4.79. The second kappa shape index (κ2) is 16.3. The van der Waals surface area contributed by atoms with Gasteiger partial charge in [0.2, 0.25) is 0 Å². The van der Waals surface area contributed by atoms with E-state index < -0.39 is 23.4 Å². The Hall–Kier alpha value is -2.22. The van der Waals surface area contributed by atoms with Crippen LogP contribution in [0, 0.1) is 5.92 Å². The van der Waals surface area contributed by atoms with Crippen LogP contribution < -0.4 is 4.90 Å². The highest BCUT2D eigenvalue weighted by Gasteiger charge is 2.40. The molecule has 0 fully saturated rings. The van der Waals surface area contributed by atoms with Gasteiger partial charge in [-0.1, -0.05) is 116 Å². The number of alkyl halides is 3. The molecule has 1 unspecified atom stereocenters. The van der Waals surface area contributed by atoms with Crippen LogP contribution in [0.1, 0.15) is 132 Å². The summed E-state index contributed by atoms with van der Waals surface area (Å²) in [6.07, 6.45) is 14.9. The molecule has 1 atom stereocenters. The van der Waals surface area contributed by atoms with E-state index in [0.29, 0.717) is 33.7 Å². The summed E-state index contributed by atoms with van der Waals surface area (Å²) in [6.45, 7) is 4.91. The van der Waals surface area contributed by atoms with E-state index in [4.69, 9.17) is 0 Å². The topological polar surface area (TPSA) is 50.3 Å². The molecule has 40 heavy (non-hydrogen) atoms. The molecule has 0 N–H and O–H groups in total. The number of Topliss-reactive ketones (excluding diaryl/α,β-unsaturated/α-hetero) is 1. The van der Waals surface area contributed by atoms with Crippen LogP contribution in [0.4, 0.5) is 19.0 Å². The zero-order valence-electron chi connectivity index (χ0n) is 24.2. The molecule has 4 nitrogen and oxygen atoms in total. The van der Waals surface area contributed by atoms with E-state index in [9.17, 15) is 22.8 Å². The number of amides is 1. The van der Waals surface area contributed by atoms with Gasteiger partial charge >= 0.3 is 12.1 Å². The van der Waals surface area contributed by atoms with Crippen molar-refractivity contribution in [2.45, 2.75) is 123 Å². The Labute approximate surface area is 241 Å². The number of halogens is 3. The number of unbranched alkanes of at least 4 members (excludes halogenated alkanes) is 12. The van der Waals surface area contributed by atoms with Gasteiger partial charge in [0.1, 0.15) is 9.88 Å². The van der Waals surface area contributed by atoms with Gasteiger partial charge in [-0.3, -0.25) is 14.5 Å². The number of carbonyl (C=O) groups is 2. The molecule has 1 aliphatic heterocycles. The maximum Gasteiger partial charge on any atom is 0.416 e. The van der Waals surface area contributed by atoms with E-state index in [-0.39, 0.29) is 0 Å². The largest absolute Gasteiger partial charge is 0.416 e. The lowest BCUT2D eigenvalue weighted by Crippen LogP contribution is -2.35. The zero-order chi connectivity index (χ0) is 29.0. The quantitative estimate of drug-likeness (QED) is 0.123. The van der Waals surface area contributed by atoms with Crippen molar-refractivity contribution in [3.8, 4) is 10.6 Å². The number of ketones is 1. The van der Waals surface area contributed by atoms with E-state index in [1.54, 1.807) is 0 Å². The van der Waals surface area contributed by atoms with Crippen LogP contribution in [-0.4, -0.2) is 23.2 Å². The molecule has 2 aromatic rings. The molecule has 222 valence electrons. The standard InChI is InChI=1S/C32H45F3N2O2S/c1-3-5-7-9-11-12-14-16-18-24(17-15-13-10-8-6-4-2)23-37-29-28(27(38)31(37)39)40-30(36-29)25-19-21-26(22-20-25)32(33,34)35/h19-22,24H,3-18,23H2,1-2H3. The fourth-order valence-electron chi connectivity index (χ4n) is 5.42. The van der Waals surface area contributed by atoms with E-state index in [2.05, 4.69) is 18.8 Å². The molecule has 0 radical (unpaired) electrons. The number of nitrogens with zero attached hydrogens (tertiary/aromatic N) is 2. The molecule has 1 aliphatic rings. The number of hydrogen-bond acceptors (Lipinski definition) is 4. The normalized spacial score (nSPS) is 14.3. The minimum absolute atomic E-state index is 0.296. The van der Waals surface area contributed by atoms with E-state index in [1.165, 1.54) is 94.1 Å². The molecule has 1 amide bonds. The van der Waals surface area contributed by atoms with Gasteiger partial charge in [-0.25, -0.2) is 4.98 Å². The predicted octanol–water partition coefficient (Wildman–Crippen LogP) is 10.3. The van der Waals surface area contributed by atoms with Crippen molar-refractivity contribution < 1.29 is 22.8 Å². The zero-order valence-corrected chi connectivity index (χ0v) is 25.0. The van der Waals surface area contributed by atoms with Gasteiger partial charge < -0.3 is 0 Å². The summed E-state index contributed by atoms with van der Waals surface area (Å²) in [5.41, 5.74) is -0.220. The maximum atomic E-state index is 13.0. The highest BCUT2D eigenvalue weighted by atomic mass is 32.1. The summed E-state index contributed by atoms with van der Waals surface area (Å²) >= 11 is 1.09. The molecule has 0 saturated heterocycles. The third-order valence-corrected chi connectivity index (χ3v) is 8.93. The lowest BCUT2D eigenvalue weighted by Gasteiger charge is -2.23. The fourth-order valence-corrected chi connectivity index (χ4v) is 6.43. The van der Waals surface area contributed by atoms with Crippen LogP contribution in [0.15, 0.2) is 24.3 Å². The lowest BCUT2D eigenvalue weighted by molar-refractivity contribution is -0.137. The SMILES string of the molecule is CCCCCCCCCCC(CCCCCCCC)CN1C(=O)C(=O)c2sc(-c3ccc(C(F)(F)F)cc3)nc21. The number of carbonyl (C=O) groups excluding carboxylic acids is 2. The van der Waals surface area contributed by atoms with Gasteiger partial charge in [0.05, 0.1) is 5.56 Å². The van der Waals surface area contributed by atoms with E-state index >= 15 is 0 Å². The third kappa shape index (κ3) is 9.42. The number of fused-ring (bicyclic) bond motifs is 1. The lowest BCUT2D eigenvalue weighted by atomic mass is 9.93. The highest BCUT2D eigenvalue weighted by molar-refractivity contribution is 7.18. The number of hydrogen-bond donors (Lipinski definition) is 0. The molecule has 0 saturated carbocycles. The molecule has 8 heteroatoms. The average Bonchev–Trinajstić information content (AvgIpc) is 3.46. The fraction of sp³-hybridized carbons (Fsp3) is 0.656. The molecule has 1 aromatic heterocycles. The van der Waals surface area contributed by atoms with Crippen LogP contribution >= 0.6 is 11.3 Å². The first-order valence-electron chi connectivity index (χ1n) is 15.3. The van der Waals surface area contributed by atoms with Gasteiger partial charge in [0, 0.05) is 12.1 Å². The molecular weight excluding hydrogens is 533 g/mol. The molecule has 1 aromatic carbocycles. The minimum atomic E-state index is -4.41. The second-order valence-corrected chi connectivity index (χ2v) is 12.2. The number of anilines is 1. The van der Waals surface area contributed by atoms with Crippen LogP contribution in [0.25, 0.3) is 10.6 Å². The minimum Gasteiger partial charge on any atom is -0.288 e. The van der Waals surface area contributed by atoms with Crippen LogP contribution in [-0.2, 0) is 11.0 Å². The molecule has 0 aliphatic carbocycles. The molecule has 2 heterocycles. The summed E-state index contributed by atoms with van der Waals surface area (Å²) in [4.78, 5) is 32.2.